The van der Waals surface area contributed by atoms with Crippen LogP contribution in [0.5, 0.6) is 0 Å². The third-order valence-electron chi connectivity index (χ3n) is 2.36. The number of aromatic nitrogens is 5. The van der Waals surface area contributed by atoms with E-state index in [1.807, 2.05) is 6.92 Å². The third-order valence-corrected chi connectivity index (χ3v) is 2.36. The van der Waals surface area contributed by atoms with Crippen LogP contribution in [0.4, 0.5) is 0 Å². The van der Waals surface area contributed by atoms with Gasteiger partial charge in [-0.3, -0.25) is 4.79 Å². The average Bonchev–Trinajstić information content (AvgIpc) is 3.00. The predicted octanol–water partition coefficient (Wildman–Crippen LogP) is 0.911. The molecule has 2 rings (SSSR count). The number of carbonyl (C=O) groups excluding carboxylic acids is 1. The second-order valence-electron chi connectivity index (χ2n) is 3.52. The Morgan fingerprint density at radius 2 is 2.39 bits per heavy atom. The fraction of sp³-hybridized carbons (Fsp3) is 0.500. The van der Waals surface area contributed by atoms with Gasteiger partial charge < -0.3 is 9.26 Å². The summed E-state index contributed by atoms with van der Waals surface area (Å²) in [6.07, 6.45) is 2.00. The van der Waals surface area contributed by atoms with Gasteiger partial charge in [-0.2, -0.15) is 20.4 Å². The number of carbonyl (C=O) groups is 1. The number of esters is 1. The van der Waals surface area contributed by atoms with Crippen LogP contribution in [0.25, 0.3) is 11.5 Å². The van der Waals surface area contributed by atoms with E-state index >= 15 is 0 Å². The van der Waals surface area contributed by atoms with Crippen molar-refractivity contribution < 1.29 is 14.1 Å². The van der Waals surface area contributed by atoms with Crippen molar-refractivity contribution in [3.05, 3.63) is 12.1 Å². The van der Waals surface area contributed by atoms with Gasteiger partial charge in [-0.05, 0) is 13.3 Å². The highest BCUT2D eigenvalue weighted by Crippen LogP contribution is 2.21. The average molecular weight is 251 g/mol. The lowest BCUT2D eigenvalue weighted by atomic mass is 10.1. The molecule has 0 radical (unpaired) electrons. The van der Waals surface area contributed by atoms with E-state index in [1.54, 1.807) is 6.92 Å². The van der Waals surface area contributed by atoms with Gasteiger partial charge >= 0.3 is 5.97 Å². The molecule has 8 heteroatoms. The summed E-state index contributed by atoms with van der Waals surface area (Å²) in [5, 5.41) is 13.7. The van der Waals surface area contributed by atoms with Gasteiger partial charge in [-0.25, -0.2) is 0 Å². The van der Waals surface area contributed by atoms with Gasteiger partial charge in [-0.15, -0.1) is 0 Å². The van der Waals surface area contributed by atoms with E-state index in [1.165, 1.54) is 6.20 Å². The van der Waals surface area contributed by atoms with Crippen molar-refractivity contribution >= 4 is 5.97 Å². The minimum absolute atomic E-state index is 0.231. The highest BCUT2D eigenvalue weighted by Gasteiger charge is 2.26. The lowest BCUT2D eigenvalue weighted by Gasteiger charge is -2.08. The number of aromatic amines is 1. The highest BCUT2D eigenvalue weighted by atomic mass is 16.5. The Morgan fingerprint density at radius 3 is 3.00 bits per heavy atom. The normalized spacial score (nSPS) is 12.3. The molecule has 2 aromatic heterocycles. The summed E-state index contributed by atoms with van der Waals surface area (Å²) < 4.78 is 10.0. The van der Waals surface area contributed by atoms with Gasteiger partial charge in [0.05, 0.1) is 12.8 Å². The SMILES string of the molecule is CCOC(=O)C(CC)c1nc(-c2cn[nH]n2)no1. The summed E-state index contributed by atoms with van der Waals surface area (Å²) in [5.41, 5.74) is 0.462. The van der Waals surface area contributed by atoms with Crippen molar-refractivity contribution in [1.29, 1.82) is 0 Å². The van der Waals surface area contributed by atoms with Crippen LogP contribution in [0, 0.1) is 0 Å². The minimum atomic E-state index is -0.543. The van der Waals surface area contributed by atoms with E-state index in [2.05, 4.69) is 25.6 Å². The first kappa shape index (κ1) is 12.2. The number of hydrogen-bond acceptors (Lipinski definition) is 7. The van der Waals surface area contributed by atoms with Gasteiger partial charge in [0.1, 0.15) is 5.92 Å². The zero-order valence-corrected chi connectivity index (χ0v) is 10.1. The van der Waals surface area contributed by atoms with Crippen molar-refractivity contribution in [3.8, 4) is 11.5 Å². The summed E-state index contributed by atoms with van der Waals surface area (Å²) in [4.78, 5) is 15.8. The summed E-state index contributed by atoms with van der Waals surface area (Å²) in [6, 6.07) is 0. The molecule has 0 saturated carbocycles. The molecular formula is C10H13N5O3. The minimum Gasteiger partial charge on any atom is -0.465 e. The van der Waals surface area contributed by atoms with E-state index in [0.717, 1.165) is 0 Å². The van der Waals surface area contributed by atoms with E-state index in [4.69, 9.17) is 9.26 Å². The Hall–Kier alpha value is -2.25. The topological polar surface area (TPSA) is 107 Å². The van der Waals surface area contributed by atoms with Gasteiger partial charge in [-0.1, -0.05) is 12.1 Å². The first-order chi connectivity index (χ1) is 8.76. The standard InChI is InChI=1S/C10H13N5O3/c1-3-6(10(16)17-4-2)9-12-8(14-18-9)7-5-11-15-13-7/h5-6H,3-4H2,1-2H3,(H,11,13,15). The quantitative estimate of drug-likeness (QED) is 0.787. The molecule has 1 unspecified atom stereocenters. The van der Waals surface area contributed by atoms with Crippen LogP contribution in [-0.2, 0) is 9.53 Å². The Balaban J connectivity index is 2.20. The summed E-state index contributed by atoms with van der Waals surface area (Å²) >= 11 is 0. The van der Waals surface area contributed by atoms with Crippen LogP contribution in [0.1, 0.15) is 32.1 Å². The first-order valence-electron chi connectivity index (χ1n) is 5.62. The largest absolute Gasteiger partial charge is 0.465 e. The molecule has 2 heterocycles. The molecule has 0 bridgehead atoms. The molecule has 1 N–H and O–H groups in total. The number of H-pyrrole nitrogens is 1. The highest BCUT2D eigenvalue weighted by molar-refractivity contribution is 5.76. The molecule has 8 nitrogen and oxygen atoms in total. The fourth-order valence-corrected chi connectivity index (χ4v) is 1.48. The summed E-state index contributed by atoms with van der Waals surface area (Å²) in [5.74, 6) is -0.385. The molecule has 1 atom stereocenters. The number of nitrogens with zero attached hydrogens (tertiary/aromatic N) is 4. The number of nitrogens with one attached hydrogen (secondary N) is 1. The summed E-state index contributed by atoms with van der Waals surface area (Å²) in [7, 11) is 0. The van der Waals surface area contributed by atoms with Crippen LogP contribution in [0.2, 0.25) is 0 Å². The van der Waals surface area contributed by atoms with Crippen molar-refractivity contribution in [3.63, 3.8) is 0 Å². The van der Waals surface area contributed by atoms with E-state index < -0.39 is 5.92 Å². The zero-order chi connectivity index (χ0) is 13.0. The first-order valence-corrected chi connectivity index (χ1v) is 5.62. The molecule has 96 valence electrons. The van der Waals surface area contributed by atoms with Crippen molar-refractivity contribution in [1.82, 2.24) is 25.6 Å². The molecule has 0 fully saturated rings. The second-order valence-corrected chi connectivity index (χ2v) is 3.52. The Morgan fingerprint density at radius 1 is 1.56 bits per heavy atom. The van der Waals surface area contributed by atoms with Gasteiger partial charge in [0.15, 0.2) is 5.69 Å². The van der Waals surface area contributed by atoms with Crippen LogP contribution < -0.4 is 0 Å². The molecule has 0 aromatic carbocycles. The van der Waals surface area contributed by atoms with E-state index in [0.29, 0.717) is 24.5 Å². The van der Waals surface area contributed by atoms with Crippen molar-refractivity contribution in [2.75, 3.05) is 6.61 Å². The second kappa shape index (κ2) is 5.39. The van der Waals surface area contributed by atoms with Crippen LogP contribution >= 0.6 is 0 Å². The van der Waals surface area contributed by atoms with Gasteiger partial charge in [0.25, 0.3) is 0 Å². The maximum atomic E-state index is 11.7. The zero-order valence-electron chi connectivity index (χ0n) is 10.1. The molecule has 2 aromatic rings. The molecular weight excluding hydrogens is 238 g/mol. The Kier molecular flexibility index (Phi) is 3.66. The fourth-order valence-electron chi connectivity index (χ4n) is 1.48. The lowest BCUT2D eigenvalue weighted by Crippen LogP contribution is -2.15. The smallest absolute Gasteiger partial charge is 0.318 e. The van der Waals surface area contributed by atoms with E-state index in [-0.39, 0.29) is 11.9 Å². The van der Waals surface area contributed by atoms with Crippen LogP contribution in [-0.4, -0.2) is 38.1 Å². The Bertz CT molecular complexity index is 507. The van der Waals surface area contributed by atoms with Gasteiger partial charge in [0, 0.05) is 0 Å². The van der Waals surface area contributed by atoms with Crippen LogP contribution in [0.3, 0.4) is 0 Å². The number of hydrogen-bond donors (Lipinski definition) is 1. The van der Waals surface area contributed by atoms with Crippen molar-refractivity contribution in [2.45, 2.75) is 26.2 Å². The Labute approximate surface area is 103 Å². The predicted molar refractivity (Wildman–Crippen MR) is 59.3 cm³/mol. The number of ether oxygens (including phenoxy) is 1. The van der Waals surface area contributed by atoms with Crippen molar-refractivity contribution in [2.24, 2.45) is 0 Å². The molecule has 0 aliphatic carbocycles. The maximum absolute atomic E-state index is 11.7. The van der Waals surface area contributed by atoms with Gasteiger partial charge in [0.2, 0.25) is 11.7 Å². The molecule has 18 heavy (non-hydrogen) atoms. The third kappa shape index (κ3) is 2.36. The monoisotopic (exact) mass is 251 g/mol. The maximum Gasteiger partial charge on any atom is 0.318 e. The van der Waals surface area contributed by atoms with Crippen LogP contribution in [0.15, 0.2) is 10.7 Å². The molecule has 0 aliphatic rings. The van der Waals surface area contributed by atoms with E-state index in [9.17, 15) is 4.79 Å². The number of rotatable bonds is 5. The molecule has 0 aliphatic heterocycles. The summed E-state index contributed by atoms with van der Waals surface area (Å²) in [6.45, 7) is 3.92. The lowest BCUT2D eigenvalue weighted by molar-refractivity contribution is -0.145. The molecule has 0 amide bonds. The molecule has 0 saturated heterocycles. The molecule has 0 spiro atoms.